The third-order valence-corrected chi connectivity index (χ3v) is 3.52. The van der Waals surface area contributed by atoms with Crippen molar-refractivity contribution >= 4 is 11.8 Å². The molecule has 1 aromatic heterocycles. The van der Waals surface area contributed by atoms with Crippen LogP contribution in [0, 0.1) is 0 Å². The molecule has 1 atom stereocenters. The Labute approximate surface area is 111 Å². The average molecular weight is 261 g/mol. The minimum Gasteiger partial charge on any atom is -0.496 e. The number of ether oxygens (including phenoxy) is 1. The van der Waals surface area contributed by atoms with Crippen LogP contribution in [0.4, 0.5) is 0 Å². The van der Waals surface area contributed by atoms with E-state index in [1.807, 2.05) is 24.3 Å². The number of methoxy groups -OCH3 is 1. The van der Waals surface area contributed by atoms with Gasteiger partial charge in [-0.05, 0) is 6.07 Å². The van der Waals surface area contributed by atoms with Crippen LogP contribution in [-0.4, -0.2) is 22.8 Å². The summed E-state index contributed by atoms with van der Waals surface area (Å²) in [5.74, 6) is 1.56. The molecule has 0 aliphatic rings. The topological polar surface area (TPSA) is 61.0 Å². The standard InChI is InChI=1S/C13H15N3OS/c1-17-12-5-3-2-4-10(12)11(14)9-18-13-8-15-6-7-16-13/h2-8,11H,9,14H2,1H3. The van der Waals surface area contributed by atoms with Crippen LogP contribution < -0.4 is 10.5 Å². The van der Waals surface area contributed by atoms with Crippen LogP contribution >= 0.6 is 11.8 Å². The minimum absolute atomic E-state index is 0.0897. The predicted molar refractivity (Wildman–Crippen MR) is 72.7 cm³/mol. The van der Waals surface area contributed by atoms with Crippen LogP contribution in [0.25, 0.3) is 0 Å². The number of benzene rings is 1. The third kappa shape index (κ3) is 3.21. The fourth-order valence-electron chi connectivity index (χ4n) is 1.60. The summed E-state index contributed by atoms with van der Waals surface area (Å²) in [6.07, 6.45) is 5.07. The average Bonchev–Trinajstić information content (AvgIpc) is 2.45. The van der Waals surface area contributed by atoms with E-state index in [2.05, 4.69) is 9.97 Å². The Morgan fingerprint density at radius 3 is 2.89 bits per heavy atom. The van der Waals surface area contributed by atoms with Crippen molar-refractivity contribution in [3.05, 3.63) is 48.4 Å². The summed E-state index contributed by atoms with van der Waals surface area (Å²) in [7, 11) is 1.65. The van der Waals surface area contributed by atoms with Gasteiger partial charge in [0.25, 0.3) is 0 Å². The van der Waals surface area contributed by atoms with Crippen LogP contribution in [0.1, 0.15) is 11.6 Å². The van der Waals surface area contributed by atoms with Gasteiger partial charge in [0.1, 0.15) is 10.8 Å². The first-order chi connectivity index (χ1) is 8.81. The summed E-state index contributed by atoms with van der Waals surface area (Å²) >= 11 is 1.59. The predicted octanol–water partition coefficient (Wildman–Crippen LogP) is 2.28. The molecule has 1 heterocycles. The maximum absolute atomic E-state index is 6.17. The molecular weight excluding hydrogens is 246 g/mol. The SMILES string of the molecule is COc1ccccc1C(N)CSc1cnccn1. The van der Waals surface area contributed by atoms with Crippen LogP contribution in [0.5, 0.6) is 5.75 Å². The largest absolute Gasteiger partial charge is 0.496 e. The first-order valence-corrected chi connectivity index (χ1v) is 6.57. The Morgan fingerprint density at radius 2 is 2.17 bits per heavy atom. The van der Waals surface area contributed by atoms with Gasteiger partial charge in [0.05, 0.1) is 13.3 Å². The Bertz CT molecular complexity index is 493. The lowest BCUT2D eigenvalue weighted by molar-refractivity contribution is 0.407. The van der Waals surface area contributed by atoms with Crippen molar-refractivity contribution in [2.75, 3.05) is 12.9 Å². The highest BCUT2D eigenvalue weighted by molar-refractivity contribution is 7.99. The molecule has 0 aliphatic carbocycles. The molecule has 2 rings (SSSR count). The van der Waals surface area contributed by atoms with Gasteiger partial charge in [0.15, 0.2) is 0 Å². The van der Waals surface area contributed by atoms with E-state index in [-0.39, 0.29) is 6.04 Å². The number of aromatic nitrogens is 2. The van der Waals surface area contributed by atoms with Crippen molar-refractivity contribution in [1.29, 1.82) is 0 Å². The Hall–Kier alpha value is -1.59. The molecule has 0 saturated heterocycles. The van der Waals surface area contributed by atoms with Crippen molar-refractivity contribution < 1.29 is 4.74 Å². The number of rotatable bonds is 5. The molecule has 18 heavy (non-hydrogen) atoms. The smallest absolute Gasteiger partial charge is 0.123 e. The molecule has 0 fully saturated rings. The summed E-state index contributed by atoms with van der Waals surface area (Å²) in [4.78, 5) is 8.22. The maximum Gasteiger partial charge on any atom is 0.123 e. The maximum atomic E-state index is 6.17. The highest BCUT2D eigenvalue weighted by Gasteiger charge is 2.11. The Balaban J connectivity index is 2.01. The van der Waals surface area contributed by atoms with Crippen LogP contribution in [0.3, 0.4) is 0 Å². The second kappa shape index (κ2) is 6.37. The van der Waals surface area contributed by atoms with E-state index in [1.165, 1.54) is 0 Å². The molecule has 0 amide bonds. The second-order valence-corrected chi connectivity index (χ2v) is 4.74. The lowest BCUT2D eigenvalue weighted by Crippen LogP contribution is -2.14. The summed E-state index contributed by atoms with van der Waals surface area (Å²) in [5, 5.41) is 0.878. The highest BCUT2D eigenvalue weighted by atomic mass is 32.2. The fourth-order valence-corrected chi connectivity index (χ4v) is 2.40. The summed E-state index contributed by atoms with van der Waals surface area (Å²) in [6.45, 7) is 0. The van der Waals surface area contributed by atoms with Crippen LogP contribution in [0.2, 0.25) is 0 Å². The summed E-state index contributed by atoms with van der Waals surface area (Å²) in [5.41, 5.74) is 7.18. The Morgan fingerprint density at radius 1 is 1.33 bits per heavy atom. The highest BCUT2D eigenvalue weighted by Crippen LogP contribution is 2.27. The second-order valence-electron chi connectivity index (χ2n) is 3.70. The molecule has 5 heteroatoms. The Kier molecular flexibility index (Phi) is 4.55. The van der Waals surface area contributed by atoms with Crippen molar-refractivity contribution in [3.63, 3.8) is 0 Å². The molecule has 0 saturated carbocycles. The van der Waals surface area contributed by atoms with Gasteiger partial charge >= 0.3 is 0 Å². The van der Waals surface area contributed by atoms with Crippen LogP contribution in [-0.2, 0) is 0 Å². The molecule has 0 bridgehead atoms. The van der Waals surface area contributed by atoms with Gasteiger partial charge in [-0.15, -0.1) is 11.8 Å². The number of thioether (sulfide) groups is 1. The van der Waals surface area contributed by atoms with Crippen molar-refractivity contribution in [3.8, 4) is 5.75 Å². The molecule has 1 unspecified atom stereocenters. The molecule has 0 radical (unpaired) electrons. The van der Waals surface area contributed by atoms with Gasteiger partial charge in [-0.1, -0.05) is 18.2 Å². The molecule has 0 spiro atoms. The zero-order chi connectivity index (χ0) is 12.8. The summed E-state index contributed by atoms with van der Waals surface area (Å²) in [6, 6.07) is 7.71. The molecule has 2 N–H and O–H groups in total. The van der Waals surface area contributed by atoms with E-state index in [4.69, 9.17) is 10.5 Å². The van der Waals surface area contributed by atoms with Crippen molar-refractivity contribution in [1.82, 2.24) is 9.97 Å². The van der Waals surface area contributed by atoms with E-state index in [1.54, 1.807) is 37.5 Å². The molecule has 94 valence electrons. The van der Waals surface area contributed by atoms with Crippen LogP contribution in [0.15, 0.2) is 47.9 Å². The van der Waals surface area contributed by atoms with Gasteiger partial charge in [0.2, 0.25) is 0 Å². The molecule has 1 aromatic carbocycles. The van der Waals surface area contributed by atoms with Gasteiger partial charge in [-0.2, -0.15) is 0 Å². The zero-order valence-corrected chi connectivity index (χ0v) is 10.9. The third-order valence-electron chi connectivity index (χ3n) is 2.49. The van der Waals surface area contributed by atoms with E-state index >= 15 is 0 Å². The van der Waals surface area contributed by atoms with Gasteiger partial charge in [0, 0.05) is 29.8 Å². The number of nitrogens with zero attached hydrogens (tertiary/aromatic N) is 2. The normalized spacial score (nSPS) is 12.1. The number of nitrogens with two attached hydrogens (primary N) is 1. The first kappa shape index (κ1) is 12.9. The molecular formula is C13H15N3OS. The molecule has 0 aliphatic heterocycles. The fraction of sp³-hybridized carbons (Fsp3) is 0.231. The quantitative estimate of drug-likeness (QED) is 0.837. The molecule has 2 aromatic rings. The van der Waals surface area contributed by atoms with Crippen molar-refractivity contribution in [2.45, 2.75) is 11.1 Å². The monoisotopic (exact) mass is 261 g/mol. The molecule has 4 nitrogen and oxygen atoms in total. The number of hydrogen-bond acceptors (Lipinski definition) is 5. The zero-order valence-electron chi connectivity index (χ0n) is 10.1. The lowest BCUT2D eigenvalue weighted by atomic mass is 10.1. The van der Waals surface area contributed by atoms with Gasteiger partial charge in [-0.25, -0.2) is 4.98 Å². The van der Waals surface area contributed by atoms with Gasteiger partial charge in [-0.3, -0.25) is 4.98 Å². The number of hydrogen-bond donors (Lipinski definition) is 1. The van der Waals surface area contributed by atoms with Gasteiger partial charge < -0.3 is 10.5 Å². The first-order valence-electron chi connectivity index (χ1n) is 5.58. The lowest BCUT2D eigenvalue weighted by Gasteiger charge is -2.14. The van der Waals surface area contributed by atoms with Crippen molar-refractivity contribution in [2.24, 2.45) is 5.73 Å². The summed E-state index contributed by atoms with van der Waals surface area (Å²) < 4.78 is 5.30. The number of para-hydroxylation sites is 1. The van der Waals surface area contributed by atoms with E-state index < -0.39 is 0 Å². The van der Waals surface area contributed by atoms with E-state index in [0.29, 0.717) is 0 Å². The van der Waals surface area contributed by atoms with E-state index in [0.717, 1.165) is 22.1 Å². The van der Waals surface area contributed by atoms with E-state index in [9.17, 15) is 0 Å². The minimum atomic E-state index is -0.0897.